The van der Waals surface area contributed by atoms with E-state index in [1.165, 1.54) is 36.4 Å². The van der Waals surface area contributed by atoms with Crippen molar-refractivity contribution in [2.75, 3.05) is 41.7 Å². The molecule has 0 spiro atoms. The summed E-state index contributed by atoms with van der Waals surface area (Å²) in [6.45, 7) is 4.00. The van der Waals surface area contributed by atoms with Gasteiger partial charge < -0.3 is 25.8 Å². The van der Waals surface area contributed by atoms with E-state index in [0.29, 0.717) is 43.1 Å². The van der Waals surface area contributed by atoms with Crippen LogP contribution in [-0.4, -0.2) is 48.9 Å². The molecular weight excluding hydrogens is 552 g/mol. The van der Waals surface area contributed by atoms with Crippen molar-refractivity contribution < 1.29 is 23.2 Å². The van der Waals surface area contributed by atoms with Crippen LogP contribution in [0.4, 0.5) is 30.6 Å². The fraction of sp³-hybridized carbons (Fsp3) is 0.182. The van der Waals surface area contributed by atoms with E-state index in [1.807, 2.05) is 36.1 Å². The van der Waals surface area contributed by atoms with Crippen LogP contribution >= 0.6 is 0 Å². The predicted molar refractivity (Wildman–Crippen MR) is 162 cm³/mol. The van der Waals surface area contributed by atoms with Crippen LogP contribution < -0.4 is 20.9 Å². The number of halogens is 2. The second kappa shape index (κ2) is 13.2. The molecule has 0 aromatic heterocycles. The highest BCUT2D eigenvalue weighted by atomic mass is 19.1. The summed E-state index contributed by atoms with van der Waals surface area (Å²) in [6, 6.07) is 23.4. The molecule has 10 heteroatoms. The molecule has 0 aliphatic carbocycles. The second-order valence-electron chi connectivity index (χ2n) is 10.3. The Bertz CT molecular complexity index is 1620. The highest BCUT2D eigenvalue weighted by Gasteiger charge is 2.25. The molecule has 3 N–H and O–H groups in total. The van der Waals surface area contributed by atoms with Crippen molar-refractivity contribution in [2.24, 2.45) is 0 Å². The van der Waals surface area contributed by atoms with E-state index in [9.17, 15) is 23.2 Å². The van der Waals surface area contributed by atoms with E-state index in [0.717, 1.165) is 16.8 Å². The van der Waals surface area contributed by atoms with Gasteiger partial charge in [0.05, 0.1) is 5.56 Å². The summed E-state index contributed by atoms with van der Waals surface area (Å²) >= 11 is 0. The SMILES string of the molecule is Cc1cccc(NC(=O)N2CCN(c3ccc(NC(=O)c4ccc(F)cc4)cc3C(=O)NCc3ccc(F)cc3)CC2)c1. The third-order valence-corrected chi connectivity index (χ3v) is 7.15. The number of nitrogens with one attached hydrogen (secondary N) is 3. The Hall–Kier alpha value is -5.25. The molecule has 4 aromatic rings. The summed E-state index contributed by atoms with van der Waals surface area (Å²) in [6.07, 6.45) is 0. The molecule has 0 bridgehead atoms. The first-order valence-corrected chi connectivity index (χ1v) is 13.9. The number of amides is 4. The minimum atomic E-state index is -0.450. The van der Waals surface area contributed by atoms with Crippen molar-refractivity contribution in [1.82, 2.24) is 10.2 Å². The number of rotatable bonds is 7. The van der Waals surface area contributed by atoms with Gasteiger partial charge in [0.15, 0.2) is 0 Å². The summed E-state index contributed by atoms with van der Waals surface area (Å²) in [4.78, 5) is 42.8. The number of hydrogen-bond donors (Lipinski definition) is 3. The first-order valence-electron chi connectivity index (χ1n) is 13.9. The summed E-state index contributed by atoms with van der Waals surface area (Å²) < 4.78 is 26.6. The normalized spacial score (nSPS) is 12.9. The lowest BCUT2D eigenvalue weighted by molar-refractivity contribution is 0.0949. The molecule has 5 rings (SSSR count). The summed E-state index contributed by atoms with van der Waals surface area (Å²) in [5.74, 6) is -1.64. The van der Waals surface area contributed by atoms with E-state index in [-0.39, 0.29) is 29.9 Å². The van der Waals surface area contributed by atoms with Gasteiger partial charge in [-0.15, -0.1) is 0 Å². The van der Waals surface area contributed by atoms with Gasteiger partial charge in [-0.3, -0.25) is 9.59 Å². The van der Waals surface area contributed by atoms with Crippen molar-refractivity contribution in [1.29, 1.82) is 0 Å². The van der Waals surface area contributed by atoms with Gasteiger partial charge in [-0.05, 0) is 84.8 Å². The number of benzene rings is 4. The number of carbonyl (C=O) groups excluding carboxylic acids is 3. The summed E-state index contributed by atoms with van der Waals surface area (Å²) in [5, 5.41) is 8.58. The standard InChI is InChI=1S/C33H31F2N5O3/c1-22-3-2-4-27(19-22)38-33(43)40-17-15-39(16-18-40)30-14-13-28(37-31(41)24-7-11-26(35)12-8-24)20-29(30)32(42)36-21-23-5-9-25(34)10-6-23/h2-14,19-20H,15-18,21H2,1H3,(H,36,42)(H,37,41)(H,38,43). The van der Waals surface area contributed by atoms with Gasteiger partial charge >= 0.3 is 6.03 Å². The third-order valence-electron chi connectivity index (χ3n) is 7.15. The number of aryl methyl sites for hydroxylation is 1. The molecule has 0 atom stereocenters. The largest absolute Gasteiger partial charge is 0.367 e. The lowest BCUT2D eigenvalue weighted by Gasteiger charge is -2.37. The lowest BCUT2D eigenvalue weighted by Crippen LogP contribution is -2.50. The first-order chi connectivity index (χ1) is 20.7. The third kappa shape index (κ3) is 7.53. The van der Waals surface area contributed by atoms with E-state index >= 15 is 0 Å². The van der Waals surface area contributed by atoms with Crippen molar-refractivity contribution >= 4 is 34.9 Å². The Balaban J connectivity index is 1.31. The molecular formula is C33H31F2N5O3. The van der Waals surface area contributed by atoms with Gasteiger partial charge in [0.25, 0.3) is 11.8 Å². The molecule has 1 heterocycles. The van der Waals surface area contributed by atoms with Gasteiger partial charge in [0.1, 0.15) is 11.6 Å². The first kappa shape index (κ1) is 29.2. The molecule has 4 amide bonds. The van der Waals surface area contributed by atoms with E-state index in [4.69, 9.17) is 0 Å². The minimum absolute atomic E-state index is 0.178. The van der Waals surface area contributed by atoms with Crippen LogP contribution in [0.3, 0.4) is 0 Å². The lowest BCUT2D eigenvalue weighted by atomic mass is 10.1. The van der Waals surface area contributed by atoms with Crippen molar-refractivity contribution in [3.05, 3.63) is 125 Å². The van der Waals surface area contributed by atoms with Crippen LogP contribution in [0.5, 0.6) is 0 Å². The Morgan fingerprint density at radius 2 is 1.37 bits per heavy atom. The maximum absolute atomic E-state index is 13.5. The number of anilines is 3. The second-order valence-corrected chi connectivity index (χ2v) is 10.3. The molecule has 4 aromatic carbocycles. The molecule has 43 heavy (non-hydrogen) atoms. The molecule has 0 radical (unpaired) electrons. The van der Waals surface area contributed by atoms with Gasteiger partial charge in [-0.25, -0.2) is 13.6 Å². The van der Waals surface area contributed by atoms with Crippen LogP contribution in [0.15, 0.2) is 91.0 Å². The van der Waals surface area contributed by atoms with Crippen LogP contribution in [0.25, 0.3) is 0 Å². The Morgan fingerprint density at radius 1 is 0.721 bits per heavy atom. The quantitative estimate of drug-likeness (QED) is 0.256. The smallest absolute Gasteiger partial charge is 0.321 e. The predicted octanol–water partition coefficient (Wildman–Crippen LogP) is 5.81. The summed E-state index contributed by atoms with van der Waals surface area (Å²) in [5.41, 5.74) is 4.14. The topological polar surface area (TPSA) is 93.8 Å². The van der Waals surface area contributed by atoms with Gasteiger partial charge in [0, 0.05) is 55.3 Å². The highest BCUT2D eigenvalue weighted by molar-refractivity contribution is 6.06. The van der Waals surface area contributed by atoms with Gasteiger partial charge in [-0.1, -0.05) is 24.3 Å². The monoisotopic (exact) mass is 583 g/mol. The average Bonchev–Trinajstić information content (AvgIpc) is 3.01. The van der Waals surface area contributed by atoms with E-state index in [2.05, 4.69) is 16.0 Å². The maximum Gasteiger partial charge on any atom is 0.321 e. The van der Waals surface area contributed by atoms with Gasteiger partial charge in [0.2, 0.25) is 0 Å². The number of piperazine rings is 1. The average molecular weight is 584 g/mol. The Kier molecular flexibility index (Phi) is 8.95. The fourth-order valence-electron chi connectivity index (χ4n) is 4.83. The van der Waals surface area contributed by atoms with E-state index < -0.39 is 11.7 Å². The molecule has 8 nitrogen and oxygen atoms in total. The highest BCUT2D eigenvalue weighted by Crippen LogP contribution is 2.27. The van der Waals surface area contributed by atoms with Crippen molar-refractivity contribution in [2.45, 2.75) is 13.5 Å². The van der Waals surface area contributed by atoms with Crippen LogP contribution in [0.1, 0.15) is 31.8 Å². The summed E-state index contributed by atoms with van der Waals surface area (Å²) in [7, 11) is 0. The Labute approximate surface area is 248 Å². The van der Waals surface area contributed by atoms with Crippen LogP contribution in [0.2, 0.25) is 0 Å². The Morgan fingerprint density at radius 3 is 2.05 bits per heavy atom. The number of nitrogens with zero attached hydrogens (tertiary/aromatic N) is 2. The number of carbonyl (C=O) groups is 3. The van der Waals surface area contributed by atoms with Crippen molar-refractivity contribution in [3.8, 4) is 0 Å². The van der Waals surface area contributed by atoms with Crippen LogP contribution in [0, 0.1) is 18.6 Å². The molecule has 1 aliphatic heterocycles. The molecule has 1 aliphatic rings. The zero-order chi connectivity index (χ0) is 30.3. The number of hydrogen-bond acceptors (Lipinski definition) is 4. The zero-order valence-electron chi connectivity index (χ0n) is 23.6. The molecule has 1 fully saturated rings. The molecule has 0 unspecified atom stereocenters. The molecule has 0 saturated carbocycles. The maximum atomic E-state index is 13.5. The van der Waals surface area contributed by atoms with E-state index in [1.54, 1.807) is 35.2 Å². The number of urea groups is 1. The molecule has 1 saturated heterocycles. The molecule has 220 valence electrons. The van der Waals surface area contributed by atoms with Gasteiger partial charge in [-0.2, -0.15) is 0 Å². The van der Waals surface area contributed by atoms with Crippen LogP contribution in [-0.2, 0) is 6.54 Å². The van der Waals surface area contributed by atoms with Crippen molar-refractivity contribution in [3.63, 3.8) is 0 Å². The fourth-order valence-corrected chi connectivity index (χ4v) is 4.83. The zero-order valence-corrected chi connectivity index (χ0v) is 23.6. The minimum Gasteiger partial charge on any atom is -0.367 e.